The molecule has 0 aromatic heterocycles. The number of amides is 4. The van der Waals surface area contributed by atoms with Crippen molar-refractivity contribution in [2.24, 2.45) is 0 Å². The molecule has 2 fully saturated rings. The Morgan fingerprint density at radius 1 is 1.13 bits per heavy atom. The van der Waals surface area contributed by atoms with Crippen LogP contribution in [0, 0.1) is 0 Å². The first kappa shape index (κ1) is 22.1. The van der Waals surface area contributed by atoms with Gasteiger partial charge in [0.2, 0.25) is 0 Å². The van der Waals surface area contributed by atoms with Crippen LogP contribution >= 0.6 is 0 Å². The van der Waals surface area contributed by atoms with Crippen molar-refractivity contribution in [3.8, 4) is 0 Å². The molecule has 1 heterocycles. The third-order valence-electron chi connectivity index (χ3n) is 6.21. The van der Waals surface area contributed by atoms with E-state index in [-0.39, 0.29) is 17.8 Å². The lowest BCUT2D eigenvalue weighted by Crippen LogP contribution is -2.44. The Labute approximate surface area is 179 Å². The Morgan fingerprint density at radius 3 is 2.47 bits per heavy atom. The van der Waals surface area contributed by atoms with Crippen molar-refractivity contribution in [2.75, 3.05) is 31.1 Å². The molecular weight excluding hydrogens is 380 g/mol. The molecule has 1 saturated heterocycles. The maximum absolute atomic E-state index is 12.6. The molecule has 3 rings (SSSR count). The number of imide groups is 1. The molecule has 1 saturated carbocycles. The second-order valence-electron chi connectivity index (χ2n) is 8.27. The summed E-state index contributed by atoms with van der Waals surface area (Å²) in [7, 11) is 0. The molecule has 0 bridgehead atoms. The van der Waals surface area contributed by atoms with Gasteiger partial charge in [-0.15, -0.1) is 0 Å². The fraction of sp³-hybridized carbons (Fsp3) is 0.609. The first-order valence-electron chi connectivity index (χ1n) is 11.3. The van der Waals surface area contributed by atoms with Crippen molar-refractivity contribution < 1.29 is 14.4 Å². The number of nitrogens with zero attached hydrogens (tertiary/aromatic N) is 2. The molecule has 7 nitrogen and oxygen atoms in total. The molecule has 7 heteroatoms. The van der Waals surface area contributed by atoms with E-state index in [1.807, 2.05) is 24.3 Å². The molecule has 30 heavy (non-hydrogen) atoms. The molecule has 1 aromatic rings. The summed E-state index contributed by atoms with van der Waals surface area (Å²) in [6.45, 7) is 7.02. The van der Waals surface area contributed by atoms with Crippen molar-refractivity contribution in [1.82, 2.24) is 15.5 Å². The summed E-state index contributed by atoms with van der Waals surface area (Å²) in [6.07, 6.45) is 6.26. The van der Waals surface area contributed by atoms with Crippen LogP contribution in [0.5, 0.6) is 0 Å². The molecule has 1 aliphatic heterocycles. The Kier molecular flexibility index (Phi) is 7.34. The third-order valence-corrected chi connectivity index (χ3v) is 6.21. The number of benzene rings is 1. The number of carbonyl (C=O) groups is 3. The summed E-state index contributed by atoms with van der Waals surface area (Å²) in [5, 5.41) is 5.77. The molecule has 164 valence electrons. The highest BCUT2D eigenvalue weighted by Crippen LogP contribution is 2.34. The number of anilines is 1. The van der Waals surface area contributed by atoms with E-state index in [1.165, 1.54) is 4.90 Å². The van der Waals surface area contributed by atoms with Crippen LogP contribution in [-0.2, 0) is 4.79 Å². The van der Waals surface area contributed by atoms with Crippen molar-refractivity contribution in [3.63, 3.8) is 0 Å². The second kappa shape index (κ2) is 9.96. The number of urea groups is 1. The van der Waals surface area contributed by atoms with Gasteiger partial charge in [-0.1, -0.05) is 26.2 Å². The first-order chi connectivity index (χ1) is 14.5. The van der Waals surface area contributed by atoms with Crippen LogP contribution in [-0.4, -0.2) is 54.5 Å². The van der Waals surface area contributed by atoms with Crippen molar-refractivity contribution >= 4 is 23.5 Å². The number of nitrogens with one attached hydrogen (secondary N) is 2. The number of hydrogen-bond donors (Lipinski definition) is 2. The van der Waals surface area contributed by atoms with Gasteiger partial charge in [0.25, 0.3) is 11.8 Å². The SMILES string of the molecule is CCCCN(CC)c1ccc(C(=O)NCCCN2C(=O)NC3(CCCC3)C2=O)cc1. The average Bonchev–Trinajstić information content (AvgIpc) is 3.31. The number of carbonyl (C=O) groups excluding carboxylic acids is 3. The van der Waals surface area contributed by atoms with Gasteiger partial charge >= 0.3 is 6.03 Å². The molecule has 1 spiro atoms. The van der Waals surface area contributed by atoms with Crippen LogP contribution in [0.15, 0.2) is 24.3 Å². The van der Waals surface area contributed by atoms with Crippen LogP contribution in [0.25, 0.3) is 0 Å². The van der Waals surface area contributed by atoms with Gasteiger partial charge in [0, 0.05) is 37.4 Å². The largest absolute Gasteiger partial charge is 0.372 e. The lowest BCUT2D eigenvalue weighted by atomic mass is 9.98. The summed E-state index contributed by atoms with van der Waals surface area (Å²) in [5.41, 5.74) is 1.08. The van der Waals surface area contributed by atoms with E-state index in [0.29, 0.717) is 25.1 Å². The molecular formula is C23H34N4O3. The Hall–Kier alpha value is -2.57. The van der Waals surface area contributed by atoms with Gasteiger partial charge in [-0.25, -0.2) is 4.79 Å². The van der Waals surface area contributed by atoms with Crippen molar-refractivity contribution in [2.45, 2.75) is 64.3 Å². The topological polar surface area (TPSA) is 81.8 Å². The summed E-state index contributed by atoms with van der Waals surface area (Å²) in [5.74, 6) is -0.238. The van der Waals surface area contributed by atoms with Gasteiger partial charge < -0.3 is 15.5 Å². The third kappa shape index (κ3) is 4.77. The van der Waals surface area contributed by atoms with Gasteiger partial charge in [0.05, 0.1) is 0 Å². The molecule has 0 unspecified atom stereocenters. The number of rotatable bonds is 10. The zero-order valence-electron chi connectivity index (χ0n) is 18.2. The molecule has 1 aromatic carbocycles. The van der Waals surface area contributed by atoms with Gasteiger partial charge in [0.1, 0.15) is 5.54 Å². The summed E-state index contributed by atoms with van der Waals surface area (Å²) < 4.78 is 0. The minimum atomic E-state index is -0.661. The van der Waals surface area contributed by atoms with E-state index >= 15 is 0 Å². The van der Waals surface area contributed by atoms with E-state index < -0.39 is 5.54 Å². The fourth-order valence-electron chi connectivity index (χ4n) is 4.38. The highest BCUT2D eigenvalue weighted by molar-refractivity contribution is 6.07. The zero-order chi connectivity index (χ0) is 21.6. The standard InChI is InChI=1S/C23H34N4O3/c1-3-5-16-26(4-2)19-11-9-18(10-12-19)20(28)24-15-8-17-27-21(29)23(25-22(27)30)13-6-7-14-23/h9-12H,3-8,13-17H2,1-2H3,(H,24,28)(H,25,30). The van der Waals surface area contributed by atoms with Crippen LogP contribution < -0.4 is 15.5 Å². The Morgan fingerprint density at radius 2 is 1.83 bits per heavy atom. The fourth-order valence-corrected chi connectivity index (χ4v) is 4.38. The Bertz CT molecular complexity index is 756. The van der Waals surface area contributed by atoms with Crippen LogP contribution in [0.2, 0.25) is 0 Å². The molecule has 0 atom stereocenters. The van der Waals surface area contributed by atoms with Gasteiger partial charge in [-0.3, -0.25) is 14.5 Å². The smallest absolute Gasteiger partial charge is 0.325 e. The van der Waals surface area contributed by atoms with E-state index in [1.54, 1.807) is 0 Å². The van der Waals surface area contributed by atoms with Gasteiger partial charge in [-0.2, -0.15) is 0 Å². The predicted octanol–water partition coefficient (Wildman–Crippen LogP) is 3.30. The van der Waals surface area contributed by atoms with Crippen LogP contribution in [0.3, 0.4) is 0 Å². The van der Waals surface area contributed by atoms with Crippen molar-refractivity contribution in [3.05, 3.63) is 29.8 Å². The average molecular weight is 415 g/mol. The van der Waals surface area contributed by atoms with E-state index in [2.05, 4.69) is 29.4 Å². The van der Waals surface area contributed by atoms with E-state index in [9.17, 15) is 14.4 Å². The molecule has 1 aliphatic carbocycles. The number of hydrogen-bond acceptors (Lipinski definition) is 4. The lowest BCUT2D eigenvalue weighted by molar-refractivity contribution is -0.131. The minimum absolute atomic E-state index is 0.101. The summed E-state index contributed by atoms with van der Waals surface area (Å²) in [6, 6.07) is 7.37. The van der Waals surface area contributed by atoms with Crippen LogP contribution in [0.4, 0.5) is 10.5 Å². The summed E-state index contributed by atoms with van der Waals surface area (Å²) >= 11 is 0. The first-order valence-corrected chi connectivity index (χ1v) is 11.3. The molecule has 2 N–H and O–H groups in total. The zero-order valence-corrected chi connectivity index (χ0v) is 18.2. The second-order valence-corrected chi connectivity index (χ2v) is 8.27. The number of unbranched alkanes of at least 4 members (excludes halogenated alkanes) is 1. The molecule has 0 radical (unpaired) electrons. The maximum Gasteiger partial charge on any atom is 0.325 e. The van der Waals surface area contributed by atoms with Crippen molar-refractivity contribution in [1.29, 1.82) is 0 Å². The van der Waals surface area contributed by atoms with E-state index in [0.717, 1.165) is 57.3 Å². The normalized spacial score (nSPS) is 17.5. The quantitative estimate of drug-likeness (QED) is 0.455. The molecule has 4 amide bonds. The van der Waals surface area contributed by atoms with Gasteiger partial charge in [0.15, 0.2) is 0 Å². The van der Waals surface area contributed by atoms with E-state index in [4.69, 9.17) is 0 Å². The van der Waals surface area contributed by atoms with Crippen LogP contribution in [0.1, 0.15) is 69.2 Å². The Balaban J connectivity index is 1.44. The predicted molar refractivity (Wildman–Crippen MR) is 118 cm³/mol. The van der Waals surface area contributed by atoms with Gasteiger partial charge in [-0.05, 0) is 56.9 Å². The monoisotopic (exact) mass is 414 g/mol. The highest BCUT2D eigenvalue weighted by atomic mass is 16.2. The highest BCUT2D eigenvalue weighted by Gasteiger charge is 2.51. The minimum Gasteiger partial charge on any atom is -0.372 e. The lowest BCUT2D eigenvalue weighted by Gasteiger charge is -2.23. The summed E-state index contributed by atoms with van der Waals surface area (Å²) in [4.78, 5) is 40.8. The molecule has 2 aliphatic rings. The maximum atomic E-state index is 12.6.